The largest absolute Gasteiger partial charge is 0.461 e. The first-order chi connectivity index (χ1) is 17.9. The number of likely N-dealkylation sites (tertiary alicyclic amines) is 1. The number of carbonyl (C=O) groups excluding carboxylic acids is 3. The first-order valence-corrected chi connectivity index (χ1v) is 12.6. The van der Waals surface area contributed by atoms with E-state index in [1.165, 1.54) is 4.90 Å². The molecule has 2 fully saturated rings. The summed E-state index contributed by atoms with van der Waals surface area (Å²) >= 11 is 0. The van der Waals surface area contributed by atoms with Crippen molar-refractivity contribution in [2.45, 2.75) is 44.3 Å². The molecule has 1 spiro atoms. The molecule has 6 atom stereocenters. The van der Waals surface area contributed by atoms with Crippen LogP contribution in [-0.2, 0) is 30.5 Å². The van der Waals surface area contributed by atoms with Gasteiger partial charge in [-0.25, -0.2) is 4.68 Å². The summed E-state index contributed by atoms with van der Waals surface area (Å²) in [6, 6.07) is 5.77. The Balaban J connectivity index is 1.44. The van der Waals surface area contributed by atoms with Crippen LogP contribution in [0.1, 0.15) is 13.8 Å². The van der Waals surface area contributed by atoms with Crippen molar-refractivity contribution < 1.29 is 29.0 Å². The van der Waals surface area contributed by atoms with Crippen molar-refractivity contribution in [3.63, 3.8) is 0 Å². The Morgan fingerprint density at radius 1 is 1.16 bits per heavy atom. The monoisotopic (exact) mass is 507 g/mol. The van der Waals surface area contributed by atoms with Crippen molar-refractivity contribution in [2.24, 2.45) is 17.8 Å². The number of nitrogens with zero attached hydrogens (tertiary/aromatic N) is 5. The summed E-state index contributed by atoms with van der Waals surface area (Å²) in [5.74, 6) is -3.22. The number of aliphatic hydroxyl groups is 1. The molecule has 194 valence electrons. The minimum Gasteiger partial charge on any atom is -0.461 e. The fourth-order valence-electron chi connectivity index (χ4n) is 6.24. The second-order valence-corrected chi connectivity index (χ2v) is 10.3. The van der Waals surface area contributed by atoms with Gasteiger partial charge in [-0.05, 0) is 24.1 Å². The fraction of sp³-hybridized carbons (Fsp3) is 0.500. The smallest absolute Gasteiger partial charge is 0.313 e. The predicted octanol–water partition coefficient (Wildman–Crippen LogP) is 0.498. The Kier molecular flexibility index (Phi) is 5.64. The number of aliphatic hydroxyl groups excluding tert-OH is 1. The lowest BCUT2D eigenvalue weighted by molar-refractivity contribution is -0.156. The van der Waals surface area contributed by atoms with Crippen molar-refractivity contribution in [2.75, 3.05) is 19.8 Å². The molecule has 1 aromatic heterocycles. The standard InChI is InChI=1S/C26H29N5O6/c1-15(2)18(13-32)31-22-24(34)29(14-30-17-8-4-3-7-16(17)27-28-30)11-6-10-26(22)21(23(31)33)20-19(37-26)9-5-12-36-25(20)35/h3-10,15,18-22,32H,11-14H2,1-2H3/t18-,19-,20+,21-,22?,26-/m0/s1. The number of aromatic nitrogens is 3. The molecule has 6 rings (SSSR count). The summed E-state index contributed by atoms with van der Waals surface area (Å²) in [5, 5.41) is 18.7. The molecule has 1 N–H and O–H groups in total. The molecule has 2 saturated heterocycles. The fourth-order valence-corrected chi connectivity index (χ4v) is 6.24. The van der Waals surface area contributed by atoms with Crippen LogP contribution >= 0.6 is 0 Å². The number of hydrogen-bond acceptors (Lipinski definition) is 8. The Labute approximate surface area is 213 Å². The van der Waals surface area contributed by atoms with E-state index in [9.17, 15) is 19.5 Å². The molecule has 5 heterocycles. The van der Waals surface area contributed by atoms with Crippen LogP contribution in [0.3, 0.4) is 0 Å². The Morgan fingerprint density at radius 3 is 2.76 bits per heavy atom. The molecule has 0 saturated carbocycles. The molecular weight excluding hydrogens is 478 g/mol. The zero-order chi connectivity index (χ0) is 25.9. The summed E-state index contributed by atoms with van der Waals surface area (Å²) in [5.41, 5.74) is 0.114. The molecule has 11 nitrogen and oxygen atoms in total. The van der Waals surface area contributed by atoms with Gasteiger partial charge in [-0.2, -0.15) is 0 Å². The Hall–Kier alpha value is -3.57. The summed E-state index contributed by atoms with van der Waals surface area (Å²) in [6.45, 7) is 3.92. The first kappa shape index (κ1) is 23.8. The zero-order valence-corrected chi connectivity index (χ0v) is 20.6. The summed E-state index contributed by atoms with van der Waals surface area (Å²) in [6.07, 6.45) is 6.33. The number of rotatable bonds is 5. The Morgan fingerprint density at radius 2 is 1.97 bits per heavy atom. The van der Waals surface area contributed by atoms with E-state index in [-0.39, 0.29) is 44.2 Å². The number of amides is 2. The summed E-state index contributed by atoms with van der Waals surface area (Å²) in [7, 11) is 0. The predicted molar refractivity (Wildman–Crippen MR) is 129 cm³/mol. The van der Waals surface area contributed by atoms with Crippen LogP contribution in [0, 0.1) is 17.8 Å². The zero-order valence-electron chi connectivity index (χ0n) is 20.6. The van der Waals surface area contributed by atoms with Gasteiger partial charge in [0.2, 0.25) is 5.91 Å². The molecule has 0 aliphatic carbocycles. The number of carbonyl (C=O) groups is 3. The first-order valence-electron chi connectivity index (χ1n) is 12.6. The molecule has 0 bridgehead atoms. The SMILES string of the molecule is CC(C)[C@H](CO)N1C(=O)[C@@H]2[C@@H]3C(=O)OCC=C[C@@H]3O[C@@]23C=CCN(Cn2nnc4ccccc42)C(=O)C13. The molecule has 2 aromatic rings. The van der Waals surface area contributed by atoms with E-state index in [0.717, 1.165) is 5.52 Å². The number of fused-ring (bicyclic) bond motifs is 3. The van der Waals surface area contributed by atoms with E-state index in [2.05, 4.69) is 10.3 Å². The van der Waals surface area contributed by atoms with Crippen LogP contribution in [-0.4, -0.2) is 91.2 Å². The van der Waals surface area contributed by atoms with Gasteiger partial charge in [-0.15, -0.1) is 5.10 Å². The molecular formula is C26H29N5O6. The van der Waals surface area contributed by atoms with Gasteiger partial charge in [-0.1, -0.05) is 49.4 Å². The molecule has 4 aliphatic rings. The van der Waals surface area contributed by atoms with Gasteiger partial charge in [0.1, 0.15) is 36.4 Å². The Bertz CT molecular complexity index is 1320. The second-order valence-electron chi connectivity index (χ2n) is 10.3. The van der Waals surface area contributed by atoms with Crippen molar-refractivity contribution in [3.8, 4) is 0 Å². The minimum atomic E-state index is -1.37. The number of esters is 1. The lowest BCUT2D eigenvalue weighted by Crippen LogP contribution is -2.59. The van der Waals surface area contributed by atoms with Crippen LogP contribution in [0.25, 0.3) is 11.0 Å². The molecule has 37 heavy (non-hydrogen) atoms. The third-order valence-electron chi connectivity index (χ3n) is 7.97. The van der Waals surface area contributed by atoms with Crippen LogP contribution in [0.4, 0.5) is 0 Å². The number of benzene rings is 1. The summed E-state index contributed by atoms with van der Waals surface area (Å²) in [4.78, 5) is 44.5. The van der Waals surface area contributed by atoms with Crippen molar-refractivity contribution in [1.82, 2.24) is 24.8 Å². The van der Waals surface area contributed by atoms with Crippen molar-refractivity contribution >= 4 is 28.8 Å². The quantitative estimate of drug-likeness (QED) is 0.458. The van der Waals surface area contributed by atoms with Crippen molar-refractivity contribution in [3.05, 3.63) is 48.6 Å². The highest BCUT2D eigenvalue weighted by Gasteiger charge is 2.72. The number of hydrogen-bond donors (Lipinski definition) is 1. The van der Waals surface area contributed by atoms with E-state index in [0.29, 0.717) is 5.52 Å². The topological polar surface area (TPSA) is 127 Å². The average Bonchev–Trinajstić information content (AvgIpc) is 3.42. The van der Waals surface area contributed by atoms with Gasteiger partial charge >= 0.3 is 5.97 Å². The van der Waals surface area contributed by atoms with Gasteiger partial charge < -0.3 is 24.4 Å². The van der Waals surface area contributed by atoms with Crippen LogP contribution < -0.4 is 0 Å². The molecule has 11 heteroatoms. The molecule has 0 radical (unpaired) electrons. The van der Waals surface area contributed by atoms with E-state index in [1.54, 1.807) is 27.8 Å². The lowest BCUT2D eigenvalue weighted by atomic mass is 9.78. The molecule has 4 aliphatic heterocycles. The number of ether oxygens (including phenoxy) is 2. The maximum absolute atomic E-state index is 14.3. The normalized spacial score (nSPS) is 31.8. The highest BCUT2D eigenvalue weighted by molar-refractivity contribution is 5.99. The lowest BCUT2D eigenvalue weighted by Gasteiger charge is -2.39. The number of para-hydroxylation sites is 1. The van der Waals surface area contributed by atoms with Gasteiger partial charge in [0.25, 0.3) is 5.91 Å². The maximum Gasteiger partial charge on any atom is 0.313 e. The van der Waals surface area contributed by atoms with Crippen LogP contribution in [0.2, 0.25) is 0 Å². The minimum absolute atomic E-state index is 0.107. The van der Waals surface area contributed by atoms with E-state index in [4.69, 9.17) is 9.47 Å². The third kappa shape index (κ3) is 3.44. The van der Waals surface area contributed by atoms with Gasteiger partial charge in [0.05, 0.1) is 30.2 Å². The number of cyclic esters (lactones) is 1. The highest BCUT2D eigenvalue weighted by Crippen LogP contribution is 2.54. The van der Waals surface area contributed by atoms with Gasteiger partial charge in [0, 0.05) is 6.54 Å². The van der Waals surface area contributed by atoms with Gasteiger partial charge in [0.15, 0.2) is 0 Å². The molecule has 1 unspecified atom stereocenters. The van der Waals surface area contributed by atoms with Gasteiger partial charge in [-0.3, -0.25) is 14.4 Å². The van der Waals surface area contributed by atoms with Crippen LogP contribution in [0.5, 0.6) is 0 Å². The average molecular weight is 508 g/mol. The van der Waals surface area contributed by atoms with Crippen LogP contribution in [0.15, 0.2) is 48.6 Å². The summed E-state index contributed by atoms with van der Waals surface area (Å²) < 4.78 is 13.5. The van der Waals surface area contributed by atoms with E-state index >= 15 is 0 Å². The highest BCUT2D eigenvalue weighted by atomic mass is 16.6. The van der Waals surface area contributed by atoms with Crippen molar-refractivity contribution in [1.29, 1.82) is 0 Å². The van der Waals surface area contributed by atoms with E-state index < -0.39 is 41.6 Å². The van der Waals surface area contributed by atoms with E-state index in [1.807, 2.05) is 44.2 Å². The second kappa shape index (κ2) is 8.77. The third-order valence-corrected chi connectivity index (χ3v) is 7.97. The molecule has 2 amide bonds. The molecule has 1 aromatic carbocycles. The maximum atomic E-state index is 14.3.